The summed E-state index contributed by atoms with van der Waals surface area (Å²) in [6.45, 7) is 4.95. The number of aliphatic hydroxyl groups is 1. The summed E-state index contributed by atoms with van der Waals surface area (Å²) < 4.78 is 5.60. The summed E-state index contributed by atoms with van der Waals surface area (Å²) in [6, 6.07) is 9.76. The number of rotatable bonds is 7. The van der Waals surface area contributed by atoms with Crippen LogP contribution in [0.25, 0.3) is 0 Å². The topological polar surface area (TPSA) is 65.3 Å². The summed E-state index contributed by atoms with van der Waals surface area (Å²) in [4.78, 5) is 0. The molecule has 0 spiro atoms. The molecule has 1 rings (SSSR count). The minimum atomic E-state index is -0.668. The van der Waals surface area contributed by atoms with E-state index in [1.165, 1.54) is 0 Å². The minimum Gasteiger partial charge on any atom is -0.491 e. The van der Waals surface area contributed by atoms with E-state index in [9.17, 15) is 0 Å². The number of nitrogens with zero attached hydrogens (tertiary/aromatic N) is 1. The van der Waals surface area contributed by atoms with Crippen LogP contribution in [0.4, 0.5) is 0 Å². The van der Waals surface area contributed by atoms with Crippen molar-refractivity contribution < 1.29 is 9.84 Å². The number of hydrogen-bond acceptors (Lipinski definition) is 4. The molecule has 0 amide bonds. The molecule has 0 aliphatic rings. The van der Waals surface area contributed by atoms with Gasteiger partial charge in [0.25, 0.3) is 0 Å². The molecular weight excluding hydrogens is 228 g/mol. The molecule has 0 saturated carbocycles. The molecule has 1 unspecified atom stereocenters. The summed E-state index contributed by atoms with van der Waals surface area (Å²) in [5, 5.41) is 21.0. The first kappa shape index (κ1) is 14.5. The number of nitriles is 1. The van der Waals surface area contributed by atoms with Crippen molar-refractivity contribution in [2.24, 2.45) is 0 Å². The second-order valence-electron chi connectivity index (χ2n) is 4.38. The highest BCUT2D eigenvalue weighted by Gasteiger charge is 2.23. The van der Waals surface area contributed by atoms with Gasteiger partial charge in [0.2, 0.25) is 0 Å². The molecule has 4 heteroatoms. The van der Waals surface area contributed by atoms with Crippen LogP contribution in [0.2, 0.25) is 0 Å². The van der Waals surface area contributed by atoms with E-state index in [2.05, 4.69) is 11.4 Å². The zero-order chi connectivity index (χ0) is 13.4. The molecule has 0 heterocycles. The molecule has 0 saturated heterocycles. The van der Waals surface area contributed by atoms with Gasteiger partial charge in [-0.25, -0.2) is 0 Å². The van der Waals surface area contributed by atoms with E-state index < -0.39 is 5.54 Å². The third-order valence-electron chi connectivity index (χ3n) is 2.67. The number of aliphatic hydroxyl groups excluding tert-OH is 1. The first-order valence-electron chi connectivity index (χ1n) is 6.12. The Morgan fingerprint density at radius 2 is 2.06 bits per heavy atom. The lowest BCUT2D eigenvalue weighted by Gasteiger charge is -2.22. The van der Waals surface area contributed by atoms with Gasteiger partial charge in [0.05, 0.1) is 6.07 Å². The Morgan fingerprint density at radius 1 is 1.39 bits per heavy atom. The fraction of sp³-hybridized carbons (Fsp3) is 0.500. The van der Waals surface area contributed by atoms with Gasteiger partial charge in [-0.1, -0.05) is 19.1 Å². The van der Waals surface area contributed by atoms with Gasteiger partial charge in [-0.2, -0.15) is 5.26 Å². The SMILES string of the molecule is CCNC(C)(C#N)COc1ccc(CCO)cc1. The predicted molar refractivity (Wildman–Crippen MR) is 70.4 cm³/mol. The largest absolute Gasteiger partial charge is 0.491 e. The number of ether oxygens (including phenoxy) is 1. The Bertz CT molecular complexity index is 397. The zero-order valence-corrected chi connectivity index (χ0v) is 10.9. The molecular formula is C14H20N2O2. The predicted octanol–water partition coefficient (Wildman–Crippen LogP) is 1.49. The van der Waals surface area contributed by atoms with Crippen molar-refractivity contribution in [1.29, 1.82) is 5.26 Å². The summed E-state index contributed by atoms with van der Waals surface area (Å²) in [5.41, 5.74) is 0.401. The number of likely N-dealkylation sites (N-methyl/N-ethyl adjacent to an activating group) is 1. The quantitative estimate of drug-likeness (QED) is 0.767. The lowest BCUT2D eigenvalue weighted by Crippen LogP contribution is -2.46. The molecule has 18 heavy (non-hydrogen) atoms. The summed E-state index contributed by atoms with van der Waals surface area (Å²) in [7, 11) is 0. The molecule has 98 valence electrons. The zero-order valence-electron chi connectivity index (χ0n) is 10.9. The van der Waals surface area contributed by atoms with E-state index in [-0.39, 0.29) is 6.61 Å². The Balaban J connectivity index is 2.55. The lowest BCUT2D eigenvalue weighted by molar-refractivity contribution is 0.236. The molecule has 0 fully saturated rings. The van der Waals surface area contributed by atoms with E-state index in [1.54, 1.807) is 0 Å². The smallest absolute Gasteiger partial charge is 0.138 e. The molecule has 1 aromatic carbocycles. The number of benzene rings is 1. The van der Waals surface area contributed by atoms with Crippen molar-refractivity contribution in [2.45, 2.75) is 25.8 Å². The van der Waals surface area contributed by atoms with Gasteiger partial charge in [0, 0.05) is 6.61 Å². The van der Waals surface area contributed by atoms with Gasteiger partial charge in [0.1, 0.15) is 17.9 Å². The molecule has 1 aromatic rings. The van der Waals surface area contributed by atoms with Crippen molar-refractivity contribution >= 4 is 0 Å². The highest BCUT2D eigenvalue weighted by atomic mass is 16.5. The maximum Gasteiger partial charge on any atom is 0.138 e. The van der Waals surface area contributed by atoms with Crippen LogP contribution in [0.1, 0.15) is 19.4 Å². The van der Waals surface area contributed by atoms with E-state index in [4.69, 9.17) is 15.1 Å². The van der Waals surface area contributed by atoms with Crippen LogP contribution in [0.3, 0.4) is 0 Å². The van der Waals surface area contributed by atoms with Crippen LogP contribution in [0.15, 0.2) is 24.3 Å². The average Bonchev–Trinajstić information content (AvgIpc) is 2.39. The van der Waals surface area contributed by atoms with Gasteiger partial charge in [-0.05, 0) is 37.6 Å². The van der Waals surface area contributed by atoms with Gasteiger partial charge in [-0.3, -0.25) is 5.32 Å². The highest BCUT2D eigenvalue weighted by molar-refractivity contribution is 5.27. The van der Waals surface area contributed by atoms with E-state index in [1.807, 2.05) is 38.1 Å². The Labute approximate surface area is 108 Å². The van der Waals surface area contributed by atoms with Crippen LogP contribution in [0.5, 0.6) is 5.75 Å². The summed E-state index contributed by atoms with van der Waals surface area (Å²) >= 11 is 0. The van der Waals surface area contributed by atoms with Crippen LogP contribution in [-0.2, 0) is 6.42 Å². The van der Waals surface area contributed by atoms with Crippen molar-refractivity contribution in [3.63, 3.8) is 0 Å². The first-order valence-corrected chi connectivity index (χ1v) is 6.12. The number of nitrogens with one attached hydrogen (secondary N) is 1. The molecule has 0 aromatic heterocycles. The summed E-state index contributed by atoms with van der Waals surface area (Å²) in [5.74, 6) is 0.732. The Morgan fingerprint density at radius 3 is 2.56 bits per heavy atom. The minimum absolute atomic E-state index is 0.146. The van der Waals surface area contributed by atoms with E-state index >= 15 is 0 Å². The number of hydrogen-bond donors (Lipinski definition) is 2. The van der Waals surface area contributed by atoms with Crippen molar-refractivity contribution in [2.75, 3.05) is 19.8 Å². The summed E-state index contributed by atoms with van der Waals surface area (Å²) in [6.07, 6.45) is 0.646. The fourth-order valence-electron chi connectivity index (χ4n) is 1.62. The normalized spacial score (nSPS) is 13.7. The molecule has 4 nitrogen and oxygen atoms in total. The molecule has 0 bridgehead atoms. The van der Waals surface area contributed by atoms with Gasteiger partial charge in [-0.15, -0.1) is 0 Å². The lowest BCUT2D eigenvalue weighted by atomic mass is 10.1. The highest BCUT2D eigenvalue weighted by Crippen LogP contribution is 2.14. The van der Waals surface area contributed by atoms with Crippen LogP contribution in [-0.4, -0.2) is 30.4 Å². The average molecular weight is 248 g/mol. The maximum absolute atomic E-state index is 9.09. The maximum atomic E-state index is 9.09. The third-order valence-corrected chi connectivity index (χ3v) is 2.67. The van der Waals surface area contributed by atoms with Crippen LogP contribution < -0.4 is 10.1 Å². The molecule has 2 N–H and O–H groups in total. The second-order valence-corrected chi connectivity index (χ2v) is 4.38. The fourth-order valence-corrected chi connectivity index (χ4v) is 1.62. The monoisotopic (exact) mass is 248 g/mol. The Hall–Kier alpha value is -1.57. The van der Waals surface area contributed by atoms with Gasteiger partial charge in [0.15, 0.2) is 0 Å². The first-order chi connectivity index (χ1) is 8.63. The molecule has 0 aliphatic carbocycles. The van der Waals surface area contributed by atoms with Gasteiger partial charge < -0.3 is 9.84 Å². The second kappa shape index (κ2) is 7.00. The molecule has 0 aliphatic heterocycles. The van der Waals surface area contributed by atoms with Crippen molar-refractivity contribution in [3.8, 4) is 11.8 Å². The molecule has 0 radical (unpaired) electrons. The van der Waals surface area contributed by atoms with Crippen molar-refractivity contribution in [1.82, 2.24) is 5.32 Å². The third kappa shape index (κ3) is 4.36. The molecule has 1 atom stereocenters. The van der Waals surface area contributed by atoms with Crippen molar-refractivity contribution in [3.05, 3.63) is 29.8 Å². The van der Waals surface area contributed by atoms with E-state index in [0.717, 1.165) is 17.9 Å². The van der Waals surface area contributed by atoms with Gasteiger partial charge >= 0.3 is 0 Å². The van der Waals surface area contributed by atoms with Crippen LogP contribution >= 0.6 is 0 Å². The van der Waals surface area contributed by atoms with E-state index in [0.29, 0.717) is 13.0 Å². The van der Waals surface area contributed by atoms with Crippen LogP contribution in [0, 0.1) is 11.3 Å². The standard InChI is InChI=1S/C14H20N2O2/c1-3-16-14(2,10-15)11-18-13-6-4-12(5-7-13)8-9-17/h4-7,16-17H,3,8-9,11H2,1-2H3. The Kier molecular flexibility index (Phi) is 5.63.